The van der Waals surface area contributed by atoms with E-state index in [0.29, 0.717) is 21.7 Å². The quantitative estimate of drug-likeness (QED) is 0.565. The smallest absolute Gasteiger partial charge is 0.280 e. The molecule has 0 aromatic heterocycles. The van der Waals surface area contributed by atoms with E-state index in [0.717, 1.165) is 29.7 Å². The highest BCUT2D eigenvalue weighted by atomic mass is 35.5. The lowest BCUT2D eigenvalue weighted by molar-refractivity contribution is -0.127. The van der Waals surface area contributed by atoms with Crippen LogP contribution in [0.3, 0.4) is 0 Å². The molecule has 1 N–H and O–H groups in total. The van der Waals surface area contributed by atoms with Crippen LogP contribution in [0.25, 0.3) is 0 Å². The van der Waals surface area contributed by atoms with E-state index in [1.54, 1.807) is 25.1 Å². The Hall–Kier alpha value is -1.78. The van der Waals surface area contributed by atoms with Crippen LogP contribution in [0.1, 0.15) is 33.6 Å². The Morgan fingerprint density at radius 3 is 2.80 bits per heavy atom. The molecule has 4 nitrogen and oxygen atoms in total. The fourth-order valence-electron chi connectivity index (χ4n) is 2.45. The van der Waals surface area contributed by atoms with E-state index < -0.39 is 6.10 Å². The van der Waals surface area contributed by atoms with Crippen LogP contribution in [0.5, 0.6) is 5.75 Å². The fourth-order valence-corrected chi connectivity index (χ4v) is 2.91. The summed E-state index contributed by atoms with van der Waals surface area (Å²) < 4.78 is 5.59. The largest absolute Gasteiger partial charge is 0.479 e. The molecule has 6 heteroatoms. The molecule has 2 atom stereocenters. The Labute approximate surface area is 158 Å². The van der Waals surface area contributed by atoms with Gasteiger partial charge in [-0.3, -0.25) is 4.79 Å². The Bertz CT molecular complexity index is 741. The van der Waals surface area contributed by atoms with Gasteiger partial charge in [0, 0.05) is 5.02 Å². The van der Waals surface area contributed by atoms with Crippen molar-refractivity contribution < 1.29 is 9.53 Å². The Morgan fingerprint density at radius 2 is 2.16 bits per heavy atom. The zero-order chi connectivity index (χ0) is 18.6. The van der Waals surface area contributed by atoms with Gasteiger partial charge in [0.05, 0.1) is 10.7 Å². The number of hydrazone groups is 1. The van der Waals surface area contributed by atoms with Crippen molar-refractivity contribution in [3.8, 4) is 5.75 Å². The van der Waals surface area contributed by atoms with E-state index in [1.807, 2.05) is 13.8 Å². The first-order chi connectivity index (χ1) is 11.8. The fraction of sp³-hybridized carbons (Fsp3) is 0.368. The van der Waals surface area contributed by atoms with E-state index in [-0.39, 0.29) is 5.91 Å². The summed E-state index contributed by atoms with van der Waals surface area (Å²) >= 11 is 11.9. The molecular weight excluding hydrogens is 359 g/mol. The Kier molecular flexibility index (Phi) is 6.68. The second-order valence-electron chi connectivity index (χ2n) is 6.24. The third-order valence-electron chi connectivity index (χ3n) is 4.17. The van der Waals surface area contributed by atoms with Crippen LogP contribution in [0.15, 0.2) is 47.1 Å². The van der Waals surface area contributed by atoms with Crippen molar-refractivity contribution in [3.05, 3.63) is 52.0 Å². The molecule has 0 fully saturated rings. The number of amides is 1. The number of nitrogens with one attached hydrogen (secondary N) is 1. The van der Waals surface area contributed by atoms with Crippen molar-refractivity contribution in [3.63, 3.8) is 0 Å². The topological polar surface area (TPSA) is 50.7 Å². The normalized spacial score (nSPS) is 20.0. The number of halogens is 2. The Balaban J connectivity index is 1.99. The van der Waals surface area contributed by atoms with E-state index in [2.05, 4.69) is 23.2 Å². The first-order valence-corrected chi connectivity index (χ1v) is 8.84. The average molecular weight is 381 g/mol. The summed E-state index contributed by atoms with van der Waals surface area (Å²) in [6.07, 6.45) is 3.12. The monoisotopic (exact) mass is 380 g/mol. The summed E-state index contributed by atoms with van der Waals surface area (Å²) in [6, 6.07) is 4.85. The number of hydrogen-bond donors (Lipinski definition) is 1. The highest BCUT2D eigenvalue weighted by molar-refractivity contribution is 6.35. The SMILES string of the molecule is C=C(C)[C@@H]1CC=C(C)/C(=N\NC(=O)[C@H](C)Oc2ccc(Cl)cc2Cl)C1. The number of nitrogens with zero attached hydrogens (tertiary/aromatic N) is 1. The van der Waals surface area contributed by atoms with Crippen molar-refractivity contribution in [2.45, 2.75) is 39.7 Å². The molecule has 0 radical (unpaired) electrons. The molecule has 1 aliphatic carbocycles. The molecule has 1 amide bonds. The lowest BCUT2D eigenvalue weighted by Gasteiger charge is -2.22. The maximum atomic E-state index is 12.2. The number of benzene rings is 1. The lowest BCUT2D eigenvalue weighted by atomic mass is 9.85. The van der Waals surface area contributed by atoms with Crippen molar-refractivity contribution in [1.82, 2.24) is 5.43 Å². The number of rotatable bonds is 5. The molecule has 134 valence electrons. The van der Waals surface area contributed by atoms with Gasteiger partial charge in [-0.25, -0.2) is 5.43 Å². The van der Waals surface area contributed by atoms with Crippen molar-refractivity contribution >= 4 is 34.8 Å². The summed E-state index contributed by atoms with van der Waals surface area (Å²) in [5.41, 5.74) is 5.64. The van der Waals surface area contributed by atoms with Crippen LogP contribution in [0.2, 0.25) is 10.0 Å². The van der Waals surface area contributed by atoms with Crippen LogP contribution in [0.4, 0.5) is 0 Å². The highest BCUT2D eigenvalue weighted by Crippen LogP contribution is 2.28. The van der Waals surface area contributed by atoms with Crippen molar-refractivity contribution in [2.24, 2.45) is 11.0 Å². The molecule has 0 saturated carbocycles. The second kappa shape index (κ2) is 8.54. The van der Waals surface area contributed by atoms with Crippen molar-refractivity contribution in [2.75, 3.05) is 0 Å². The summed E-state index contributed by atoms with van der Waals surface area (Å²) in [5, 5.41) is 5.13. The number of carbonyl (C=O) groups excluding carboxylic acids is 1. The van der Waals surface area contributed by atoms with Crippen LogP contribution in [0, 0.1) is 5.92 Å². The standard InChI is InChI=1S/C19H22Cl2N2O2/c1-11(2)14-6-5-12(3)17(9-14)22-23-19(24)13(4)25-18-8-7-15(20)10-16(18)21/h5,7-8,10,13-14H,1,6,9H2,2-4H3,(H,23,24)/b22-17-/t13-,14+/m0/s1. The molecule has 0 spiro atoms. The van der Waals surface area contributed by atoms with E-state index in [1.165, 1.54) is 0 Å². The van der Waals surface area contributed by atoms with Gasteiger partial charge in [-0.15, -0.1) is 0 Å². The molecule has 0 heterocycles. The molecule has 1 aromatic rings. The number of allylic oxidation sites excluding steroid dienone is 3. The summed E-state index contributed by atoms with van der Waals surface area (Å²) in [4.78, 5) is 12.2. The predicted octanol–water partition coefficient (Wildman–Crippen LogP) is 5.17. The zero-order valence-corrected chi connectivity index (χ0v) is 16.1. The molecule has 0 saturated heterocycles. The van der Waals surface area contributed by atoms with Gasteiger partial charge in [0.25, 0.3) is 5.91 Å². The minimum Gasteiger partial charge on any atom is -0.479 e. The number of hydrogen-bond acceptors (Lipinski definition) is 3. The maximum Gasteiger partial charge on any atom is 0.280 e. The van der Waals surface area contributed by atoms with Crippen molar-refractivity contribution in [1.29, 1.82) is 0 Å². The number of ether oxygens (including phenoxy) is 1. The molecule has 0 unspecified atom stereocenters. The zero-order valence-electron chi connectivity index (χ0n) is 14.6. The lowest BCUT2D eigenvalue weighted by Crippen LogP contribution is -2.34. The van der Waals surface area contributed by atoms with Gasteiger partial charge in [-0.1, -0.05) is 41.4 Å². The van der Waals surface area contributed by atoms with Gasteiger partial charge >= 0.3 is 0 Å². The first kappa shape index (κ1) is 19.5. The van der Waals surface area contributed by atoms with Gasteiger partial charge in [-0.2, -0.15) is 5.10 Å². The predicted molar refractivity (Wildman–Crippen MR) is 103 cm³/mol. The third-order valence-corrected chi connectivity index (χ3v) is 4.70. The third kappa shape index (κ3) is 5.35. The molecule has 0 aliphatic heterocycles. The van der Waals surface area contributed by atoms with Gasteiger partial charge in [0.15, 0.2) is 6.10 Å². The second-order valence-corrected chi connectivity index (χ2v) is 7.08. The van der Waals surface area contributed by atoms with Crippen LogP contribution in [-0.4, -0.2) is 17.7 Å². The molecule has 25 heavy (non-hydrogen) atoms. The molecule has 2 rings (SSSR count). The maximum absolute atomic E-state index is 12.2. The van der Waals surface area contributed by atoms with Crippen LogP contribution < -0.4 is 10.2 Å². The minimum absolute atomic E-state index is 0.344. The molecule has 0 bridgehead atoms. The average Bonchev–Trinajstić information content (AvgIpc) is 2.56. The molecule has 1 aliphatic rings. The summed E-state index contributed by atoms with van der Waals surface area (Å²) in [5.74, 6) is 0.419. The summed E-state index contributed by atoms with van der Waals surface area (Å²) in [7, 11) is 0. The van der Waals surface area contributed by atoms with Gasteiger partial charge in [0.1, 0.15) is 5.75 Å². The first-order valence-electron chi connectivity index (χ1n) is 8.08. The molecular formula is C19H22Cl2N2O2. The minimum atomic E-state index is -0.743. The highest BCUT2D eigenvalue weighted by Gasteiger charge is 2.20. The van der Waals surface area contributed by atoms with Gasteiger partial charge in [0.2, 0.25) is 0 Å². The summed E-state index contributed by atoms with van der Waals surface area (Å²) in [6.45, 7) is 9.66. The van der Waals surface area contributed by atoms with Gasteiger partial charge < -0.3 is 4.74 Å². The van der Waals surface area contributed by atoms with Gasteiger partial charge in [-0.05, 0) is 63.3 Å². The van der Waals surface area contributed by atoms with E-state index >= 15 is 0 Å². The van der Waals surface area contributed by atoms with Crippen LogP contribution in [-0.2, 0) is 4.79 Å². The Morgan fingerprint density at radius 1 is 1.44 bits per heavy atom. The molecule has 1 aromatic carbocycles. The van der Waals surface area contributed by atoms with E-state index in [4.69, 9.17) is 27.9 Å². The van der Waals surface area contributed by atoms with E-state index in [9.17, 15) is 4.79 Å². The van der Waals surface area contributed by atoms with Crippen LogP contribution >= 0.6 is 23.2 Å². The number of carbonyl (C=O) groups is 1.